The lowest BCUT2D eigenvalue weighted by Gasteiger charge is -2.29. The van der Waals surface area contributed by atoms with Gasteiger partial charge in [-0.1, -0.05) is 13.2 Å². The Labute approximate surface area is 111 Å². The first-order valence-corrected chi connectivity index (χ1v) is 5.36. The molecule has 0 aromatic rings. The molecule has 0 aliphatic heterocycles. The summed E-state index contributed by atoms with van der Waals surface area (Å²) in [5.41, 5.74) is 3.70. The van der Waals surface area contributed by atoms with E-state index in [1.54, 1.807) is 0 Å². The molecule has 0 fully saturated rings. The maximum absolute atomic E-state index is 11.4. The average molecular weight is 270 g/mol. The van der Waals surface area contributed by atoms with Crippen molar-refractivity contribution in [3.8, 4) is 0 Å². The van der Waals surface area contributed by atoms with E-state index in [1.807, 2.05) is 0 Å². The number of hydrogen-bond donors (Lipinski definition) is 2. The minimum atomic E-state index is -1.58. The molecule has 0 aliphatic rings. The second-order valence-electron chi connectivity index (χ2n) is 4.25. The zero-order chi connectivity index (χ0) is 15.2. The molecule has 106 valence electrons. The molecule has 1 unspecified atom stereocenters. The van der Waals surface area contributed by atoms with Crippen molar-refractivity contribution in [2.24, 2.45) is 5.73 Å². The van der Waals surface area contributed by atoms with Crippen molar-refractivity contribution >= 4 is 18.0 Å². The molecule has 0 bridgehead atoms. The zero-order valence-electron chi connectivity index (χ0n) is 11.2. The van der Waals surface area contributed by atoms with E-state index >= 15 is 0 Å². The Morgan fingerprint density at radius 1 is 1.16 bits per heavy atom. The number of carbonyl (C=O) groups excluding carboxylic acids is 3. The number of nitrogens with two attached hydrogens (primary N) is 1. The maximum atomic E-state index is 11.4. The van der Waals surface area contributed by atoms with Gasteiger partial charge in [-0.15, -0.1) is 0 Å². The van der Waals surface area contributed by atoms with E-state index in [-0.39, 0.29) is 11.1 Å². The predicted octanol–water partition coefficient (Wildman–Crippen LogP) is 0.610. The Hall–Kier alpha value is -2.31. The van der Waals surface area contributed by atoms with Crippen LogP contribution in [0.4, 0.5) is 4.79 Å². The Balaban J connectivity index is 4.82. The fourth-order valence-electron chi connectivity index (χ4n) is 0.970. The van der Waals surface area contributed by atoms with Crippen LogP contribution >= 0.6 is 0 Å². The van der Waals surface area contributed by atoms with Crippen LogP contribution in [0.5, 0.6) is 0 Å². The Kier molecular flexibility index (Phi) is 5.78. The highest BCUT2D eigenvalue weighted by atomic mass is 16.6. The lowest BCUT2D eigenvalue weighted by atomic mass is 10.2. The topological polar surface area (TPSA) is 108 Å². The van der Waals surface area contributed by atoms with Crippen molar-refractivity contribution in [1.29, 1.82) is 0 Å². The number of carbonyl (C=O) groups is 3. The molecule has 3 N–H and O–H groups in total. The van der Waals surface area contributed by atoms with Crippen molar-refractivity contribution in [3.05, 3.63) is 24.3 Å². The summed E-state index contributed by atoms with van der Waals surface area (Å²) in [4.78, 5) is 33.6. The van der Waals surface area contributed by atoms with Crippen molar-refractivity contribution in [2.45, 2.75) is 26.5 Å². The highest BCUT2D eigenvalue weighted by Crippen LogP contribution is 2.11. The summed E-state index contributed by atoms with van der Waals surface area (Å²) < 4.78 is 9.82. The number of rotatable bonds is 6. The molecule has 7 heteroatoms. The Bertz CT molecular complexity index is 430. The van der Waals surface area contributed by atoms with Gasteiger partial charge >= 0.3 is 18.0 Å². The third-order valence-electron chi connectivity index (χ3n) is 1.88. The number of primary amides is 1. The summed E-state index contributed by atoms with van der Waals surface area (Å²) in [5, 5.41) is 2.18. The van der Waals surface area contributed by atoms with Crippen LogP contribution in [0.3, 0.4) is 0 Å². The molecule has 0 rings (SSSR count). The highest BCUT2D eigenvalue weighted by molar-refractivity contribution is 5.88. The van der Waals surface area contributed by atoms with Gasteiger partial charge in [0.2, 0.25) is 5.72 Å². The maximum Gasteiger partial charge on any atom is 0.335 e. The molecule has 7 nitrogen and oxygen atoms in total. The van der Waals surface area contributed by atoms with Gasteiger partial charge in [-0.25, -0.2) is 14.4 Å². The van der Waals surface area contributed by atoms with Crippen LogP contribution in [0.25, 0.3) is 0 Å². The first-order valence-electron chi connectivity index (χ1n) is 5.36. The fraction of sp³-hybridized carbons (Fsp3) is 0.417. The number of urea groups is 1. The molecule has 0 aromatic heterocycles. The Morgan fingerprint density at radius 3 is 2.00 bits per heavy atom. The number of esters is 2. The molecular weight excluding hydrogens is 252 g/mol. The van der Waals surface area contributed by atoms with E-state index in [0.29, 0.717) is 0 Å². The monoisotopic (exact) mass is 270 g/mol. The summed E-state index contributed by atoms with van der Waals surface area (Å²) in [6, 6.07) is -0.927. The van der Waals surface area contributed by atoms with Gasteiger partial charge in [0.25, 0.3) is 0 Å². The van der Waals surface area contributed by atoms with Crippen LogP contribution in [0, 0.1) is 0 Å². The summed E-state index contributed by atoms with van der Waals surface area (Å²) in [6.45, 7) is 10.6. The van der Waals surface area contributed by atoms with Crippen molar-refractivity contribution < 1.29 is 23.9 Å². The number of ether oxygens (including phenoxy) is 2. The van der Waals surface area contributed by atoms with Gasteiger partial charge in [-0.3, -0.25) is 5.32 Å². The lowest BCUT2D eigenvalue weighted by molar-refractivity contribution is -0.167. The molecule has 0 saturated carbocycles. The minimum absolute atomic E-state index is 0.128. The lowest BCUT2D eigenvalue weighted by Crippen LogP contribution is -2.54. The molecule has 0 heterocycles. The van der Waals surface area contributed by atoms with Gasteiger partial charge in [-0.2, -0.15) is 0 Å². The SMILES string of the molecule is C=C(C)C(=O)OCC(C)(NC(N)=O)OC(=O)C(=C)C. The predicted molar refractivity (Wildman–Crippen MR) is 67.8 cm³/mol. The van der Waals surface area contributed by atoms with Crippen LogP contribution < -0.4 is 11.1 Å². The first kappa shape index (κ1) is 16.7. The summed E-state index contributed by atoms with van der Waals surface area (Å²) >= 11 is 0. The van der Waals surface area contributed by atoms with Gasteiger partial charge in [0, 0.05) is 11.1 Å². The van der Waals surface area contributed by atoms with Crippen LogP contribution in [0.1, 0.15) is 20.8 Å². The third-order valence-corrected chi connectivity index (χ3v) is 1.88. The second kappa shape index (κ2) is 6.58. The van der Waals surface area contributed by atoms with E-state index in [0.717, 1.165) is 0 Å². The van der Waals surface area contributed by atoms with Gasteiger partial charge in [0.05, 0.1) is 0 Å². The molecule has 1 atom stereocenters. The van der Waals surface area contributed by atoms with Crippen LogP contribution in [0.15, 0.2) is 24.3 Å². The normalized spacial score (nSPS) is 12.8. The first-order chi connectivity index (χ1) is 8.57. The van der Waals surface area contributed by atoms with E-state index < -0.39 is 30.3 Å². The highest BCUT2D eigenvalue weighted by Gasteiger charge is 2.32. The van der Waals surface area contributed by atoms with Gasteiger partial charge < -0.3 is 15.2 Å². The van der Waals surface area contributed by atoms with Crippen LogP contribution in [-0.4, -0.2) is 30.3 Å². The smallest absolute Gasteiger partial charge is 0.335 e. The number of hydrogen-bond acceptors (Lipinski definition) is 5. The third kappa shape index (κ3) is 6.25. The van der Waals surface area contributed by atoms with Crippen LogP contribution in [0.2, 0.25) is 0 Å². The molecule has 0 spiro atoms. The summed E-state index contributed by atoms with van der Waals surface area (Å²) in [5.74, 6) is -1.42. The largest absolute Gasteiger partial charge is 0.456 e. The number of nitrogens with one attached hydrogen (secondary N) is 1. The van der Waals surface area contributed by atoms with Gasteiger partial charge in [0.15, 0.2) is 6.61 Å². The van der Waals surface area contributed by atoms with E-state index in [4.69, 9.17) is 15.2 Å². The standard InChI is InChI=1S/C12H18N2O5/c1-7(2)9(15)18-6-12(5,14-11(13)17)19-10(16)8(3)4/h1,3,6H2,2,4-5H3,(H3,13,14,17). The van der Waals surface area contributed by atoms with Crippen LogP contribution in [-0.2, 0) is 19.1 Å². The number of amides is 2. The van der Waals surface area contributed by atoms with Crippen molar-refractivity contribution in [1.82, 2.24) is 5.32 Å². The summed E-state index contributed by atoms with van der Waals surface area (Å²) in [6.07, 6.45) is 0. The molecule has 19 heavy (non-hydrogen) atoms. The fourth-order valence-corrected chi connectivity index (χ4v) is 0.970. The minimum Gasteiger partial charge on any atom is -0.456 e. The average Bonchev–Trinajstić information content (AvgIpc) is 2.24. The molecular formula is C12H18N2O5. The zero-order valence-corrected chi connectivity index (χ0v) is 11.2. The van der Waals surface area contributed by atoms with E-state index in [2.05, 4.69) is 18.5 Å². The van der Waals surface area contributed by atoms with Crippen molar-refractivity contribution in [2.75, 3.05) is 6.61 Å². The second-order valence-corrected chi connectivity index (χ2v) is 4.25. The van der Waals surface area contributed by atoms with E-state index in [9.17, 15) is 14.4 Å². The molecule has 0 aromatic carbocycles. The summed E-state index contributed by atoms with van der Waals surface area (Å²) in [7, 11) is 0. The van der Waals surface area contributed by atoms with Gasteiger partial charge in [0.1, 0.15) is 0 Å². The molecule has 0 saturated heterocycles. The Morgan fingerprint density at radius 2 is 1.63 bits per heavy atom. The van der Waals surface area contributed by atoms with E-state index in [1.165, 1.54) is 20.8 Å². The van der Waals surface area contributed by atoms with Gasteiger partial charge in [-0.05, 0) is 20.8 Å². The molecule has 0 aliphatic carbocycles. The molecule has 0 radical (unpaired) electrons. The molecule has 2 amide bonds. The quantitative estimate of drug-likeness (QED) is 0.417. The van der Waals surface area contributed by atoms with Crippen molar-refractivity contribution in [3.63, 3.8) is 0 Å².